The van der Waals surface area contributed by atoms with Gasteiger partial charge < -0.3 is 19.3 Å². The van der Waals surface area contributed by atoms with Crippen molar-refractivity contribution >= 4 is 0 Å². The van der Waals surface area contributed by atoms with Crippen LogP contribution in [0.15, 0.2) is 0 Å². The maximum Gasteiger partial charge on any atom is 0.164 e. The molecule has 5 atom stereocenters. The number of aliphatic hydroxyl groups excluding tert-OH is 1. The van der Waals surface area contributed by atoms with Crippen LogP contribution in [0.3, 0.4) is 0 Å². The van der Waals surface area contributed by atoms with Gasteiger partial charge in [-0.3, -0.25) is 0 Å². The highest BCUT2D eigenvalue weighted by Gasteiger charge is 2.54. The van der Waals surface area contributed by atoms with Gasteiger partial charge in [-0.25, -0.2) is 0 Å². The van der Waals surface area contributed by atoms with E-state index in [4.69, 9.17) is 14.2 Å². The van der Waals surface area contributed by atoms with Crippen molar-refractivity contribution in [3.8, 4) is 0 Å². The monoisotopic (exact) mass is 202 g/mol. The summed E-state index contributed by atoms with van der Waals surface area (Å²) in [7, 11) is 0. The summed E-state index contributed by atoms with van der Waals surface area (Å²) < 4.78 is 17.0. The van der Waals surface area contributed by atoms with Gasteiger partial charge in [-0.15, -0.1) is 0 Å². The molecule has 0 bridgehead atoms. The van der Waals surface area contributed by atoms with Crippen molar-refractivity contribution in [3.63, 3.8) is 0 Å². The Bertz CT molecular complexity index is 224. The zero-order valence-electron chi connectivity index (χ0n) is 9.06. The smallest absolute Gasteiger partial charge is 0.164 e. The molecule has 0 radical (unpaired) electrons. The lowest BCUT2D eigenvalue weighted by Gasteiger charge is -2.24. The van der Waals surface area contributed by atoms with Gasteiger partial charge in [0.1, 0.15) is 18.3 Å². The maximum atomic E-state index is 9.53. The standard InChI is InChI=1S/C10H18O4/c1-5(11)7-9-8(6(2)12-7)13-10(3,4)14-9/h5-9,11H,1-4H3/t5-,6+,7-,8?,9+/m1/s1. The van der Waals surface area contributed by atoms with Crippen LogP contribution in [0.25, 0.3) is 0 Å². The van der Waals surface area contributed by atoms with E-state index in [0.717, 1.165) is 0 Å². The normalized spacial score (nSPS) is 47.8. The highest BCUT2D eigenvalue weighted by molar-refractivity contribution is 4.98. The number of hydrogen-bond acceptors (Lipinski definition) is 4. The summed E-state index contributed by atoms with van der Waals surface area (Å²) in [4.78, 5) is 0. The first-order valence-corrected chi connectivity index (χ1v) is 5.10. The Morgan fingerprint density at radius 3 is 2.36 bits per heavy atom. The van der Waals surface area contributed by atoms with Crippen LogP contribution in [0.2, 0.25) is 0 Å². The third kappa shape index (κ3) is 1.56. The quantitative estimate of drug-likeness (QED) is 0.679. The number of hydrogen-bond donors (Lipinski definition) is 1. The van der Waals surface area contributed by atoms with Crippen LogP contribution in [0, 0.1) is 0 Å². The topological polar surface area (TPSA) is 47.9 Å². The van der Waals surface area contributed by atoms with Gasteiger partial charge >= 0.3 is 0 Å². The second kappa shape index (κ2) is 3.17. The molecule has 2 rings (SSSR count). The van der Waals surface area contributed by atoms with Gasteiger partial charge in [0, 0.05) is 0 Å². The zero-order chi connectivity index (χ0) is 10.5. The Balaban J connectivity index is 2.15. The molecule has 0 aromatic heterocycles. The molecule has 4 nitrogen and oxygen atoms in total. The highest BCUT2D eigenvalue weighted by Crippen LogP contribution is 2.39. The summed E-state index contributed by atoms with van der Waals surface area (Å²) in [6.45, 7) is 7.44. The summed E-state index contributed by atoms with van der Waals surface area (Å²) in [6.07, 6.45) is -0.993. The molecule has 0 amide bonds. The molecular weight excluding hydrogens is 184 g/mol. The van der Waals surface area contributed by atoms with Crippen molar-refractivity contribution in [2.75, 3.05) is 0 Å². The minimum absolute atomic E-state index is 0.0126. The van der Waals surface area contributed by atoms with E-state index in [1.807, 2.05) is 20.8 Å². The number of aliphatic hydroxyl groups is 1. The number of fused-ring (bicyclic) bond motifs is 1. The summed E-state index contributed by atoms with van der Waals surface area (Å²) in [5.41, 5.74) is 0. The van der Waals surface area contributed by atoms with Crippen molar-refractivity contribution in [2.45, 2.75) is 64.0 Å². The molecule has 0 spiro atoms. The Labute approximate surface area is 84.1 Å². The minimum Gasteiger partial charge on any atom is -0.391 e. The van der Waals surface area contributed by atoms with E-state index in [-0.39, 0.29) is 24.4 Å². The largest absolute Gasteiger partial charge is 0.391 e. The number of rotatable bonds is 1. The van der Waals surface area contributed by atoms with E-state index >= 15 is 0 Å². The Kier molecular flexibility index (Phi) is 2.34. The molecule has 2 aliphatic rings. The molecule has 82 valence electrons. The van der Waals surface area contributed by atoms with Gasteiger partial charge in [-0.05, 0) is 27.7 Å². The third-order valence-corrected chi connectivity index (χ3v) is 2.80. The molecule has 0 aromatic carbocycles. The van der Waals surface area contributed by atoms with Gasteiger partial charge in [0.05, 0.1) is 12.2 Å². The second-order valence-electron chi connectivity index (χ2n) is 4.61. The van der Waals surface area contributed by atoms with E-state index in [1.54, 1.807) is 6.92 Å². The predicted molar refractivity (Wildman–Crippen MR) is 49.8 cm³/mol. The molecule has 0 aliphatic carbocycles. The highest BCUT2D eigenvalue weighted by atomic mass is 16.8. The molecule has 1 N–H and O–H groups in total. The molecule has 0 aromatic rings. The fourth-order valence-electron chi connectivity index (χ4n) is 2.23. The number of ether oxygens (including phenoxy) is 3. The van der Waals surface area contributed by atoms with Crippen molar-refractivity contribution in [1.82, 2.24) is 0 Å². The maximum absolute atomic E-state index is 9.53. The lowest BCUT2D eigenvalue weighted by Crippen LogP contribution is -2.36. The first-order chi connectivity index (χ1) is 6.41. The zero-order valence-corrected chi connectivity index (χ0v) is 9.06. The van der Waals surface area contributed by atoms with Crippen molar-refractivity contribution in [3.05, 3.63) is 0 Å². The first-order valence-electron chi connectivity index (χ1n) is 5.10. The fraction of sp³-hybridized carbons (Fsp3) is 1.00. The van der Waals surface area contributed by atoms with Crippen LogP contribution >= 0.6 is 0 Å². The molecule has 0 saturated carbocycles. The van der Waals surface area contributed by atoms with Crippen molar-refractivity contribution in [2.24, 2.45) is 0 Å². The molecule has 1 unspecified atom stereocenters. The summed E-state index contributed by atoms with van der Waals surface area (Å²) in [6, 6.07) is 0. The van der Waals surface area contributed by atoms with E-state index in [0.29, 0.717) is 0 Å². The van der Waals surface area contributed by atoms with Gasteiger partial charge in [-0.2, -0.15) is 0 Å². The van der Waals surface area contributed by atoms with Gasteiger partial charge in [0.2, 0.25) is 0 Å². The fourth-order valence-corrected chi connectivity index (χ4v) is 2.23. The molecular formula is C10H18O4. The third-order valence-electron chi connectivity index (χ3n) is 2.80. The first kappa shape index (κ1) is 10.4. The Morgan fingerprint density at radius 2 is 1.79 bits per heavy atom. The molecule has 2 fully saturated rings. The van der Waals surface area contributed by atoms with E-state index in [2.05, 4.69) is 0 Å². The van der Waals surface area contributed by atoms with Crippen LogP contribution in [0.5, 0.6) is 0 Å². The van der Waals surface area contributed by atoms with Gasteiger partial charge in [-0.1, -0.05) is 0 Å². The van der Waals surface area contributed by atoms with E-state index in [1.165, 1.54) is 0 Å². The van der Waals surface area contributed by atoms with Crippen LogP contribution < -0.4 is 0 Å². The Morgan fingerprint density at radius 1 is 1.21 bits per heavy atom. The SMILES string of the molecule is C[C@@H]1O[C@H]([C@@H](C)O)[C@@H]2OC(C)(C)OC12. The minimum atomic E-state index is -0.555. The van der Waals surface area contributed by atoms with Crippen molar-refractivity contribution in [1.29, 1.82) is 0 Å². The lowest BCUT2D eigenvalue weighted by atomic mass is 10.1. The van der Waals surface area contributed by atoms with Crippen LogP contribution in [0.4, 0.5) is 0 Å². The van der Waals surface area contributed by atoms with Crippen LogP contribution in [-0.2, 0) is 14.2 Å². The average molecular weight is 202 g/mol. The lowest BCUT2D eigenvalue weighted by molar-refractivity contribution is -0.193. The van der Waals surface area contributed by atoms with Crippen LogP contribution in [0.1, 0.15) is 27.7 Å². The summed E-state index contributed by atoms with van der Waals surface area (Å²) >= 11 is 0. The van der Waals surface area contributed by atoms with Crippen LogP contribution in [-0.4, -0.2) is 41.4 Å². The second-order valence-corrected chi connectivity index (χ2v) is 4.61. The molecule has 2 heterocycles. The summed E-state index contributed by atoms with van der Waals surface area (Å²) in [5, 5.41) is 9.53. The predicted octanol–water partition coefficient (Wildman–Crippen LogP) is 0.675. The van der Waals surface area contributed by atoms with Gasteiger partial charge in [0.25, 0.3) is 0 Å². The van der Waals surface area contributed by atoms with Gasteiger partial charge in [0.15, 0.2) is 5.79 Å². The van der Waals surface area contributed by atoms with E-state index in [9.17, 15) is 5.11 Å². The average Bonchev–Trinajstić information content (AvgIpc) is 2.47. The molecule has 4 heteroatoms. The Hall–Kier alpha value is -0.160. The van der Waals surface area contributed by atoms with Crippen molar-refractivity contribution < 1.29 is 19.3 Å². The summed E-state index contributed by atoms with van der Waals surface area (Å²) in [5.74, 6) is -0.555. The molecule has 14 heavy (non-hydrogen) atoms. The molecule has 2 saturated heterocycles. The molecule has 2 aliphatic heterocycles. The van der Waals surface area contributed by atoms with E-state index < -0.39 is 11.9 Å².